The maximum absolute atomic E-state index is 13.7. The highest BCUT2D eigenvalue weighted by Gasteiger charge is 2.36. The van der Waals surface area contributed by atoms with E-state index in [9.17, 15) is 9.59 Å². The molecular weight excluding hydrogens is 601 g/mol. The summed E-state index contributed by atoms with van der Waals surface area (Å²) in [5, 5.41) is 14.1. The number of hydrogen-bond acceptors (Lipinski definition) is 10. The van der Waals surface area contributed by atoms with Crippen molar-refractivity contribution in [1.29, 1.82) is 0 Å². The van der Waals surface area contributed by atoms with Crippen LogP contribution in [0.15, 0.2) is 28.9 Å². The molecule has 0 bridgehead atoms. The van der Waals surface area contributed by atoms with Crippen LogP contribution in [-0.4, -0.2) is 108 Å². The predicted molar refractivity (Wildman–Crippen MR) is 161 cm³/mol. The molecule has 0 radical (unpaired) electrons. The first-order valence-corrected chi connectivity index (χ1v) is 14.7. The second-order valence-electron chi connectivity index (χ2n) is 10.4. The third kappa shape index (κ3) is 6.96. The maximum Gasteiger partial charge on any atom is 0.295 e. The second kappa shape index (κ2) is 13.8. The third-order valence-corrected chi connectivity index (χ3v) is 8.29. The van der Waals surface area contributed by atoms with Gasteiger partial charge in [-0.3, -0.25) is 24.3 Å². The number of carbonyl (C=O) groups is 3. The number of nitrogens with zero attached hydrogens (tertiary/aromatic N) is 5. The van der Waals surface area contributed by atoms with E-state index < -0.39 is 6.10 Å². The molecule has 3 aliphatic rings. The number of carbonyl (C=O) groups excluding carboxylic acids is 2. The number of pyridine rings is 1. The molecule has 2 atom stereocenters. The number of morpholine rings is 1. The lowest BCUT2D eigenvalue weighted by atomic mass is 9.93. The summed E-state index contributed by atoms with van der Waals surface area (Å²) in [7, 11) is 0. The molecule has 0 aliphatic carbocycles. The minimum absolute atomic E-state index is 0.0411. The first-order chi connectivity index (χ1) is 20.8. The normalized spacial score (nSPS) is 20.6. The van der Waals surface area contributed by atoms with Crippen molar-refractivity contribution in [2.24, 2.45) is 0 Å². The van der Waals surface area contributed by atoms with Crippen molar-refractivity contribution in [3.05, 3.63) is 45.7 Å². The molecule has 2 saturated heterocycles. The highest BCUT2D eigenvalue weighted by atomic mass is 35.5. The predicted octanol–water partition coefficient (Wildman–Crippen LogP) is 2.43. The van der Waals surface area contributed by atoms with E-state index in [0.29, 0.717) is 86.0 Å². The Balaban J connectivity index is 0.00000118. The topological polar surface area (TPSA) is 153 Å². The van der Waals surface area contributed by atoms with Crippen LogP contribution in [0.5, 0.6) is 0 Å². The quantitative estimate of drug-likeness (QED) is 0.343. The van der Waals surface area contributed by atoms with Crippen molar-refractivity contribution in [2.45, 2.75) is 25.5 Å². The minimum atomic E-state index is -0.638. The molecule has 2 fully saturated rings. The number of benzene rings is 1. The van der Waals surface area contributed by atoms with E-state index in [1.807, 2.05) is 17.9 Å². The van der Waals surface area contributed by atoms with Gasteiger partial charge >= 0.3 is 0 Å². The lowest BCUT2D eigenvalue weighted by Crippen LogP contribution is -2.53. The van der Waals surface area contributed by atoms with E-state index in [1.54, 1.807) is 18.5 Å². The molecule has 6 rings (SSSR count). The van der Waals surface area contributed by atoms with Gasteiger partial charge in [0.1, 0.15) is 11.2 Å². The summed E-state index contributed by atoms with van der Waals surface area (Å²) in [5.74, 6) is -0.0280. The molecule has 2 aromatic heterocycles. The van der Waals surface area contributed by atoms with Crippen molar-refractivity contribution < 1.29 is 28.6 Å². The van der Waals surface area contributed by atoms with Crippen molar-refractivity contribution >= 4 is 64.3 Å². The van der Waals surface area contributed by atoms with E-state index in [1.165, 1.54) is 0 Å². The van der Waals surface area contributed by atoms with Crippen LogP contribution in [0.3, 0.4) is 0 Å². The fourth-order valence-electron chi connectivity index (χ4n) is 5.75. The molecule has 2 amide bonds. The van der Waals surface area contributed by atoms with Gasteiger partial charge in [-0.1, -0.05) is 23.2 Å². The van der Waals surface area contributed by atoms with E-state index in [-0.39, 0.29) is 24.3 Å². The molecule has 0 unspecified atom stereocenters. The maximum atomic E-state index is 13.7. The standard InChI is InChI=1S/C27H31Cl2N7O4.CH2O2/c1-16-24-17(10-18(28)11-19(24)29)2-5-36(16)26(38)22-14-35(8-9-39-22)21-13-30-12-20-25(21)40-27(33-20)32-4-7-34-6-3-31-23(37)15-34;2-1-3/h10-13,16,22H,2-9,14-15H2,1H3,(H,31,37)(H,32,33);1H,(H,2,3)/t16-,22+;/m0./s1. The summed E-state index contributed by atoms with van der Waals surface area (Å²) in [4.78, 5) is 48.5. The van der Waals surface area contributed by atoms with Crippen molar-refractivity contribution in [1.82, 2.24) is 25.1 Å². The zero-order chi connectivity index (χ0) is 30.5. The average Bonchev–Trinajstić information content (AvgIpc) is 3.40. The first-order valence-electron chi connectivity index (χ1n) is 14.0. The van der Waals surface area contributed by atoms with Gasteiger partial charge < -0.3 is 34.7 Å². The number of piperazine rings is 1. The Hall–Kier alpha value is -3.65. The zero-order valence-corrected chi connectivity index (χ0v) is 25.1. The largest absolute Gasteiger partial charge is 0.483 e. The van der Waals surface area contributed by atoms with Gasteiger partial charge in [0.05, 0.1) is 38.1 Å². The van der Waals surface area contributed by atoms with Crippen LogP contribution in [-0.2, 0) is 25.5 Å². The van der Waals surface area contributed by atoms with Gasteiger partial charge in [-0.05, 0) is 36.6 Å². The van der Waals surface area contributed by atoms with Crippen LogP contribution in [0.25, 0.3) is 11.1 Å². The van der Waals surface area contributed by atoms with Crippen molar-refractivity contribution in [2.75, 3.05) is 69.2 Å². The van der Waals surface area contributed by atoms with Crippen molar-refractivity contribution in [3.8, 4) is 0 Å². The molecule has 0 saturated carbocycles. The Morgan fingerprint density at radius 2 is 2.07 bits per heavy atom. The van der Waals surface area contributed by atoms with Gasteiger partial charge in [-0.25, -0.2) is 0 Å². The molecule has 230 valence electrons. The van der Waals surface area contributed by atoms with Gasteiger partial charge in [0, 0.05) is 49.3 Å². The monoisotopic (exact) mass is 633 g/mol. The number of carboxylic acid groups (broad SMARTS) is 1. The molecule has 3 aromatic rings. The summed E-state index contributed by atoms with van der Waals surface area (Å²) >= 11 is 12.7. The number of amides is 2. The van der Waals surface area contributed by atoms with E-state index in [0.717, 1.165) is 23.4 Å². The van der Waals surface area contributed by atoms with E-state index in [2.05, 4.69) is 30.4 Å². The molecule has 5 heterocycles. The number of ether oxygens (including phenoxy) is 1. The van der Waals surface area contributed by atoms with Gasteiger partial charge in [-0.2, -0.15) is 4.98 Å². The summed E-state index contributed by atoms with van der Waals surface area (Å²) < 4.78 is 12.1. The summed E-state index contributed by atoms with van der Waals surface area (Å²) in [6, 6.07) is 3.86. The SMILES string of the molecule is C[C@H]1c2c(Cl)cc(Cl)cc2CCN1C(=O)[C@H]1CN(c2cncc3nc(NCCN4CCNC(=O)C4)oc23)CCO1.O=CO. The number of oxazole rings is 1. The lowest BCUT2D eigenvalue weighted by molar-refractivity contribution is -0.147. The molecule has 3 N–H and O–H groups in total. The molecule has 1 aromatic carbocycles. The zero-order valence-electron chi connectivity index (χ0n) is 23.6. The van der Waals surface area contributed by atoms with Gasteiger partial charge in [0.2, 0.25) is 5.91 Å². The molecular formula is C28H33Cl2N7O6. The lowest BCUT2D eigenvalue weighted by Gasteiger charge is -2.40. The van der Waals surface area contributed by atoms with E-state index in [4.69, 9.17) is 42.3 Å². The second-order valence-corrected chi connectivity index (χ2v) is 11.3. The molecule has 15 heteroatoms. The number of anilines is 2. The fourth-order valence-corrected chi connectivity index (χ4v) is 6.44. The summed E-state index contributed by atoms with van der Waals surface area (Å²) in [6.07, 6.45) is 3.44. The first kappa shape index (κ1) is 30.8. The average molecular weight is 635 g/mol. The van der Waals surface area contributed by atoms with Crippen LogP contribution in [0.1, 0.15) is 24.1 Å². The van der Waals surface area contributed by atoms with Crippen LogP contribution in [0.2, 0.25) is 10.0 Å². The highest BCUT2D eigenvalue weighted by Crippen LogP contribution is 2.38. The van der Waals surface area contributed by atoms with Crippen LogP contribution in [0.4, 0.5) is 11.7 Å². The van der Waals surface area contributed by atoms with Crippen LogP contribution >= 0.6 is 23.2 Å². The Morgan fingerprint density at radius 1 is 1.26 bits per heavy atom. The summed E-state index contributed by atoms with van der Waals surface area (Å²) in [6.45, 7) is 6.81. The Labute approximate surface area is 258 Å². The number of fused-ring (bicyclic) bond motifs is 2. The smallest absolute Gasteiger partial charge is 0.295 e. The summed E-state index contributed by atoms with van der Waals surface area (Å²) in [5.41, 5.74) is 4.02. The van der Waals surface area contributed by atoms with Gasteiger partial charge in [0.25, 0.3) is 18.4 Å². The molecule has 13 nitrogen and oxygen atoms in total. The van der Waals surface area contributed by atoms with Gasteiger partial charge in [-0.15, -0.1) is 0 Å². The van der Waals surface area contributed by atoms with Crippen LogP contribution in [0, 0.1) is 0 Å². The van der Waals surface area contributed by atoms with Crippen LogP contribution < -0.4 is 15.5 Å². The molecule has 3 aliphatic heterocycles. The van der Waals surface area contributed by atoms with Gasteiger partial charge in [0.15, 0.2) is 11.7 Å². The van der Waals surface area contributed by atoms with Crippen molar-refractivity contribution in [3.63, 3.8) is 0 Å². The highest BCUT2D eigenvalue weighted by molar-refractivity contribution is 6.35. The number of halogens is 2. The minimum Gasteiger partial charge on any atom is -0.483 e. The number of rotatable bonds is 6. The molecule has 43 heavy (non-hydrogen) atoms. The number of hydrogen-bond donors (Lipinski definition) is 3. The Kier molecular flexibility index (Phi) is 9.86. The Morgan fingerprint density at radius 3 is 2.86 bits per heavy atom. The number of aromatic nitrogens is 2. The number of nitrogens with one attached hydrogen (secondary N) is 2. The third-order valence-electron chi connectivity index (χ3n) is 7.75. The molecule has 0 spiro atoms. The van der Waals surface area contributed by atoms with E-state index >= 15 is 0 Å². The fraction of sp³-hybridized carbons (Fsp3) is 0.464. The Bertz CT molecular complexity index is 1490.